The van der Waals surface area contributed by atoms with E-state index in [1.807, 2.05) is 24.5 Å². The van der Waals surface area contributed by atoms with Gasteiger partial charge in [0.15, 0.2) is 28.3 Å². The lowest BCUT2D eigenvalue weighted by Gasteiger charge is -2.09. The minimum atomic E-state index is -0.0207. The van der Waals surface area contributed by atoms with Crippen molar-refractivity contribution in [2.45, 2.75) is 25.5 Å². The number of hydrogen-bond donors (Lipinski definition) is 0. The molecule has 0 fully saturated rings. The molecule has 0 saturated carbocycles. The molecule has 0 bridgehead atoms. The molecule has 3 aromatic rings. The van der Waals surface area contributed by atoms with Crippen molar-refractivity contribution in [3.63, 3.8) is 0 Å². The second-order valence-electron chi connectivity index (χ2n) is 5.72. The van der Waals surface area contributed by atoms with Crippen LogP contribution in [0.2, 0.25) is 0 Å². The maximum Gasteiger partial charge on any atom is 0.191 e. The molecule has 0 unspecified atom stereocenters. The van der Waals surface area contributed by atoms with Crippen LogP contribution in [0.3, 0.4) is 0 Å². The zero-order chi connectivity index (χ0) is 19.4. The molecule has 7 nitrogen and oxygen atoms in total. The van der Waals surface area contributed by atoms with E-state index in [2.05, 4.69) is 10.2 Å². The predicted molar refractivity (Wildman–Crippen MR) is 103 cm³/mol. The number of Topliss-reactive ketones (excluding diaryl/α,β-unsaturated/α-hetero) is 1. The average Bonchev–Trinajstić information content (AvgIpc) is 3.30. The average molecular weight is 387 g/mol. The van der Waals surface area contributed by atoms with Gasteiger partial charge in [0.2, 0.25) is 0 Å². The normalized spacial score (nSPS) is 10.8. The molecule has 1 aromatic carbocycles. The van der Waals surface area contributed by atoms with E-state index in [4.69, 9.17) is 13.9 Å². The van der Waals surface area contributed by atoms with Crippen molar-refractivity contribution in [2.24, 2.45) is 0 Å². The zero-order valence-corrected chi connectivity index (χ0v) is 16.5. The first kappa shape index (κ1) is 19.0. The van der Waals surface area contributed by atoms with E-state index in [1.54, 1.807) is 38.7 Å². The summed E-state index contributed by atoms with van der Waals surface area (Å²) in [4.78, 5) is 12.6. The minimum absolute atomic E-state index is 0.0207. The summed E-state index contributed by atoms with van der Waals surface area (Å²) in [5, 5.41) is 9.22. The van der Waals surface area contributed by atoms with Gasteiger partial charge in [0.25, 0.3) is 0 Å². The van der Waals surface area contributed by atoms with Crippen LogP contribution in [0.4, 0.5) is 0 Å². The highest BCUT2D eigenvalue weighted by atomic mass is 32.2. The summed E-state index contributed by atoms with van der Waals surface area (Å²) in [6.07, 6.45) is 1.63. The van der Waals surface area contributed by atoms with Gasteiger partial charge in [-0.25, -0.2) is 0 Å². The second kappa shape index (κ2) is 8.30. The molecule has 2 aromatic heterocycles. The van der Waals surface area contributed by atoms with E-state index < -0.39 is 0 Å². The summed E-state index contributed by atoms with van der Waals surface area (Å²) < 4.78 is 17.8. The molecule has 27 heavy (non-hydrogen) atoms. The molecule has 0 N–H and O–H groups in total. The maximum atomic E-state index is 12.6. The van der Waals surface area contributed by atoms with E-state index in [0.717, 1.165) is 17.1 Å². The van der Waals surface area contributed by atoms with Gasteiger partial charge in [-0.15, -0.1) is 10.2 Å². The Kier molecular flexibility index (Phi) is 5.85. The van der Waals surface area contributed by atoms with Crippen LogP contribution in [0.15, 0.2) is 40.1 Å². The zero-order valence-electron chi connectivity index (χ0n) is 15.7. The minimum Gasteiger partial charge on any atom is -0.493 e. The van der Waals surface area contributed by atoms with Crippen LogP contribution in [0, 0.1) is 6.92 Å². The number of aromatic nitrogens is 3. The number of rotatable bonds is 8. The van der Waals surface area contributed by atoms with Crippen molar-refractivity contribution in [1.29, 1.82) is 0 Å². The lowest BCUT2D eigenvalue weighted by molar-refractivity contribution is 0.102. The standard InChI is InChI=1S/C19H21N3O4S/c1-5-22-18(14-8-9-26-12(14)2)20-21-19(22)27-11-15(23)13-6-7-16(24-3)17(10-13)25-4/h6-10H,5,11H2,1-4H3. The van der Waals surface area contributed by atoms with Crippen molar-refractivity contribution in [2.75, 3.05) is 20.0 Å². The van der Waals surface area contributed by atoms with Gasteiger partial charge < -0.3 is 18.5 Å². The number of ether oxygens (including phenoxy) is 2. The third kappa shape index (κ3) is 3.85. The number of ketones is 1. The fourth-order valence-corrected chi connectivity index (χ4v) is 3.62. The Balaban J connectivity index is 1.76. The lowest BCUT2D eigenvalue weighted by Crippen LogP contribution is -2.06. The highest BCUT2D eigenvalue weighted by molar-refractivity contribution is 7.99. The molecule has 0 aliphatic carbocycles. The number of thioether (sulfide) groups is 1. The number of carbonyl (C=O) groups excluding carboxylic acids is 1. The number of methoxy groups -OCH3 is 2. The van der Waals surface area contributed by atoms with Crippen LogP contribution in [0.1, 0.15) is 23.0 Å². The quantitative estimate of drug-likeness (QED) is 0.429. The van der Waals surface area contributed by atoms with Gasteiger partial charge in [-0.05, 0) is 38.1 Å². The first-order chi connectivity index (χ1) is 13.1. The summed E-state index contributed by atoms with van der Waals surface area (Å²) in [6, 6.07) is 7.02. The molecule has 0 amide bonds. The van der Waals surface area contributed by atoms with Crippen LogP contribution < -0.4 is 9.47 Å². The molecule has 142 valence electrons. The van der Waals surface area contributed by atoms with E-state index in [1.165, 1.54) is 11.8 Å². The highest BCUT2D eigenvalue weighted by Crippen LogP contribution is 2.30. The highest BCUT2D eigenvalue weighted by Gasteiger charge is 2.18. The van der Waals surface area contributed by atoms with Crippen molar-refractivity contribution in [3.8, 4) is 22.9 Å². The maximum absolute atomic E-state index is 12.6. The lowest BCUT2D eigenvalue weighted by atomic mass is 10.1. The molecule has 3 rings (SSSR count). The van der Waals surface area contributed by atoms with Crippen molar-refractivity contribution in [3.05, 3.63) is 41.9 Å². The van der Waals surface area contributed by atoms with Crippen molar-refractivity contribution in [1.82, 2.24) is 14.8 Å². The number of aryl methyl sites for hydroxylation is 1. The number of furan rings is 1. The molecular formula is C19H21N3O4S. The van der Waals surface area contributed by atoms with Gasteiger partial charge in [-0.3, -0.25) is 4.79 Å². The summed E-state index contributed by atoms with van der Waals surface area (Å²) >= 11 is 1.36. The SMILES string of the molecule is CCn1c(SCC(=O)c2ccc(OC)c(OC)c2)nnc1-c1ccoc1C. The van der Waals surface area contributed by atoms with Crippen molar-refractivity contribution < 1.29 is 18.7 Å². The van der Waals surface area contributed by atoms with Crippen LogP contribution >= 0.6 is 11.8 Å². The number of carbonyl (C=O) groups is 1. The summed E-state index contributed by atoms with van der Waals surface area (Å²) in [6.45, 7) is 4.60. The molecule has 0 saturated heterocycles. The Hall–Kier alpha value is -2.74. The number of hydrogen-bond acceptors (Lipinski definition) is 7. The summed E-state index contributed by atoms with van der Waals surface area (Å²) in [5.41, 5.74) is 1.47. The van der Waals surface area contributed by atoms with Gasteiger partial charge in [-0.1, -0.05) is 11.8 Å². The molecule has 2 heterocycles. The number of benzene rings is 1. The Morgan fingerprint density at radius 2 is 1.96 bits per heavy atom. The van der Waals surface area contributed by atoms with E-state index in [-0.39, 0.29) is 11.5 Å². The molecule has 8 heteroatoms. The molecular weight excluding hydrogens is 366 g/mol. The third-order valence-electron chi connectivity index (χ3n) is 4.17. The Bertz CT molecular complexity index is 948. The van der Waals surface area contributed by atoms with Crippen LogP contribution in [0.25, 0.3) is 11.4 Å². The third-order valence-corrected chi connectivity index (χ3v) is 5.14. The fraction of sp³-hybridized carbons (Fsp3) is 0.316. The van der Waals surface area contributed by atoms with Gasteiger partial charge in [-0.2, -0.15) is 0 Å². The molecule has 0 atom stereocenters. The van der Waals surface area contributed by atoms with E-state index in [9.17, 15) is 4.79 Å². The summed E-state index contributed by atoms with van der Waals surface area (Å²) in [5.74, 6) is 2.88. The van der Waals surface area contributed by atoms with Gasteiger partial charge in [0.1, 0.15) is 5.76 Å². The molecule has 0 spiro atoms. The van der Waals surface area contributed by atoms with Gasteiger partial charge >= 0.3 is 0 Å². The molecule has 0 aliphatic rings. The molecule has 0 radical (unpaired) electrons. The van der Waals surface area contributed by atoms with Crippen LogP contribution in [-0.4, -0.2) is 40.5 Å². The van der Waals surface area contributed by atoms with Crippen LogP contribution in [-0.2, 0) is 6.54 Å². The summed E-state index contributed by atoms with van der Waals surface area (Å²) in [7, 11) is 3.11. The Labute approximate surface area is 161 Å². The van der Waals surface area contributed by atoms with E-state index in [0.29, 0.717) is 28.8 Å². The van der Waals surface area contributed by atoms with Gasteiger partial charge in [0.05, 0.1) is 31.8 Å². The monoisotopic (exact) mass is 387 g/mol. The van der Waals surface area contributed by atoms with Crippen LogP contribution in [0.5, 0.6) is 11.5 Å². The largest absolute Gasteiger partial charge is 0.493 e. The Morgan fingerprint density at radius 3 is 2.59 bits per heavy atom. The van der Waals surface area contributed by atoms with E-state index >= 15 is 0 Å². The van der Waals surface area contributed by atoms with Crippen molar-refractivity contribution >= 4 is 17.5 Å². The van der Waals surface area contributed by atoms with Gasteiger partial charge in [0, 0.05) is 12.1 Å². The predicted octanol–water partition coefficient (Wildman–Crippen LogP) is 3.86. The fourth-order valence-electron chi connectivity index (χ4n) is 2.72. The smallest absolute Gasteiger partial charge is 0.191 e. The first-order valence-corrected chi connectivity index (χ1v) is 9.43. The topological polar surface area (TPSA) is 79.4 Å². The molecule has 0 aliphatic heterocycles. The number of nitrogens with zero attached hydrogens (tertiary/aromatic N) is 3. The second-order valence-corrected chi connectivity index (χ2v) is 6.67. The Morgan fingerprint density at radius 1 is 1.19 bits per heavy atom. The first-order valence-electron chi connectivity index (χ1n) is 8.44.